The van der Waals surface area contributed by atoms with Crippen molar-refractivity contribution in [2.24, 2.45) is 5.73 Å². The van der Waals surface area contributed by atoms with Crippen LogP contribution in [0.4, 0.5) is 0 Å². The summed E-state index contributed by atoms with van der Waals surface area (Å²) in [5.41, 5.74) is 5.24. The monoisotopic (exact) mass is 140 g/mol. The predicted octanol–water partition coefficient (Wildman–Crippen LogP) is 0.989. The Morgan fingerprint density at radius 1 is 1.60 bits per heavy atom. The number of nitrogens with two attached hydrogens (primary N) is 1. The van der Waals surface area contributed by atoms with Gasteiger partial charge < -0.3 is 11.1 Å². The average Bonchev–Trinajstić information content (AvgIpc) is 1.80. The van der Waals surface area contributed by atoms with Gasteiger partial charge in [0.15, 0.2) is 0 Å². The summed E-state index contributed by atoms with van der Waals surface area (Å²) >= 11 is 0. The molecule has 2 heteroatoms. The topological polar surface area (TPSA) is 38.0 Å². The van der Waals surface area contributed by atoms with Gasteiger partial charge in [0.2, 0.25) is 0 Å². The third-order valence-electron chi connectivity index (χ3n) is 2.00. The van der Waals surface area contributed by atoms with Crippen LogP contribution in [0.5, 0.6) is 0 Å². The SMILES string of the molecule is CC(/C=C\N)NC1CCC1. The highest BCUT2D eigenvalue weighted by molar-refractivity contribution is 4.90. The second-order valence-corrected chi connectivity index (χ2v) is 2.97. The van der Waals surface area contributed by atoms with Crippen LogP contribution >= 0.6 is 0 Å². The molecular formula is C8H16N2. The molecule has 0 aromatic heterocycles. The molecule has 0 amide bonds. The van der Waals surface area contributed by atoms with Crippen LogP contribution < -0.4 is 11.1 Å². The van der Waals surface area contributed by atoms with E-state index in [0.717, 1.165) is 6.04 Å². The third kappa shape index (κ3) is 2.03. The van der Waals surface area contributed by atoms with Crippen molar-refractivity contribution in [3.05, 3.63) is 12.3 Å². The lowest BCUT2D eigenvalue weighted by molar-refractivity contribution is 0.327. The van der Waals surface area contributed by atoms with Crippen molar-refractivity contribution in [2.45, 2.75) is 38.3 Å². The molecule has 1 aliphatic rings. The van der Waals surface area contributed by atoms with Gasteiger partial charge in [0.1, 0.15) is 0 Å². The molecule has 0 aromatic rings. The first-order chi connectivity index (χ1) is 4.83. The van der Waals surface area contributed by atoms with E-state index >= 15 is 0 Å². The van der Waals surface area contributed by atoms with E-state index in [1.54, 1.807) is 6.20 Å². The molecule has 10 heavy (non-hydrogen) atoms. The lowest BCUT2D eigenvalue weighted by Gasteiger charge is -2.28. The lowest BCUT2D eigenvalue weighted by Crippen LogP contribution is -2.40. The van der Waals surface area contributed by atoms with Crippen LogP contribution in [0.25, 0.3) is 0 Å². The van der Waals surface area contributed by atoms with Crippen molar-refractivity contribution >= 4 is 0 Å². The summed E-state index contributed by atoms with van der Waals surface area (Å²) in [5, 5.41) is 3.45. The number of hydrogen-bond donors (Lipinski definition) is 2. The summed E-state index contributed by atoms with van der Waals surface area (Å²) in [6.45, 7) is 2.13. The van der Waals surface area contributed by atoms with E-state index in [1.807, 2.05) is 6.08 Å². The molecule has 0 aliphatic heterocycles. The van der Waals surface area contributed by atoms with Gasteiger partial charge in [-0.15, -0.1) is 0 Å². The molecule has 2 nitrogen and oxygen atoms in total. The molecule has 1 aliphatic carbocycles. The van der Waals surface area contributed by atoms with Gasteiger partial charge in [0.25, 0.3) is 0 Å². The zero-order chi connectivity index (χ0) is 7.40. The molecule has 0 heterocycles. The molecule has 0 bridgehead atoms. The minimum atomic E-state index is 0.440. The molecule has 0 spiro atoms. The Bertz CT molecular complexity index is 116. The number of nitrogens with one attached hydrogen (secondary N) is 1. The summed E-state index contributed by atoms with van der Waals surface area (Å²) in [5.74, 6) is 0. The first-order valence-electron chi connectivity index (χ1n) is 3.97. The zero-order valence-electron chi connectivity index (χ0n) is 6.51. The van der Waals surface area contributed by atoms with Crippen LogP contribution in [0.15, 0.2) is 12.3 Å². The minimum Gasteiger partial charge on any atom is -0.405 e. The second-order valence-electron chi connectivity index (χ2n) is 2.97. The van der Waals surface area contributed by atoms with Gasteiger partial charge in [-0.25, -0.2) is 0 Å². The van der Waals surface area contributed by atoms with Gasteiger partial charge in [0, 0.05) is 12.1 Å². The zero-order valence-corrected chi connectivity index (χ0v) is 6.51. The van der Waals surface area contributed by atoms with Crippen molar-refractivity contribution in [3.63, 3.8) is 0 Å². The van der Waals surface area contributed by atoms with Crippen molar-refractivity contribution < 1.29 is 0 Å². The molecule has 1 rings (SSSR count). The molecule has 1 saturated carbocycles. The summed E-state index contributed by atoms with van der Waals surface area (Å²) in [4.78, 5) is 0. The standard InChI is InChI=1S/C8H16N2/c1-7(5-6-9)10-8-3-2-4-8/h5-8,10H,2-4,9H2,1H3/b6-5-. The van der Waals surface area contributed by atoms with Crippen LogP contribution in [0.3, 0.4) is 0 Å². The minimum absolute atomic E-state index is 0.440. The van der Waals surface area contributed by atoms with Crippen LogP contribution in [-0.2, 0) is 0 Å². The van der Waals surface area contributed by atoms with Crippen LogP contribution in [0.2, 0.25) is 0 Å². The van der Waals surface area contributed by atoms with E-state index in [-0.39, 0.29) is 0 Å². The first-order valence-corrected chi connectivity index (χ1v) is 3.97. The largest absolute Gasteiger partial charge is 0.405 e. The molecule has 1 unspecified atom stereocenters. The Hall–Kier alpha value is -0.500. The van der Waals surface area contributed by atoms with Crippen molar-refractivity contribution in [2.75, 3.05) is 0 Å². The molecule has 3 N–H and O–H groups in total. The highest BCUT2D eigenvalue weighted by atomic mass is 14.9. The van der Waals surface area contributed by atoms with Gasteiger partial charge in [-0.3, -0.25) is 0 Å². The van der Waals surface area contributed by atoms with Gasteiger partial charge in [0.05, 0.1) is 0 Å². The van der Waals surface area contributed by atoms with E-state index < -0.39 is 0 Å². The summed E-state index contributed by atoms with van der Waals surface area (Å²) in [6, 6.07) is 1.20. The van der Waals surface area contributed by atoms with Crippen LogP contribution in [0.1, 0.15) is 26.2 Å². The Morgan fingerprint density at radius 3 is 2.70 bits per heavy atom. The van der Waals surface area contributed by atoms with Crippen molar-refractivity contribution in [1.82, 2.24) is 5.32 Å². The molecule has 0 aromatic carbocycles. The Kier molecular flexibility index (Phi) is 2.75. The van der Waals surface area contributed by atoms with Gasteiger partial charge in [-0.2, -0.15) is 0 Å². The first kappa shape index (κ1) is 7.61. The fourth-order valence-electron chi connectivity index (χ4n) is 1.17. The highest BCUT2D eigenvalue weighted by Crippen LogP contribution is 2.18. The van der Waals surface area contributed by atoms with E-state index in [4.69, 9.17) is 5.73 Å². The Labute approximate surface area is 62.5 Å². The smallest absolute Gasteiger partial charge is 0.0241 e. The van der Waals surface area contributed by atoms with Crippen LogP contribution in [-0.4, -0.2) is 12.1 Å². The van der Waals surface area contributed by atoms with Crippen LogP contribution in [0, 0.1) is 0 Å². The van der Waals surface area contributed by atoms with E-state index in [9.17, 15) is 0 Å². The number of rotatable bonds is 3. The molecular weight excluding hydrogens is 124 g/mol. The molecule has 0 radical (unpaired) electrons. The molecule has 1 fully saturated rings. The molecule has 1 atom stereocenters. The quantitative estimate of drug-likeness (QED) is 0.613. The summed E-state index contributed by atoms with van der Waals surface area (Å²) in [7, 11) is 0. The summed E-state index contributed by atoms with van der Waals surface area (Å²) in [6.07, 6.45) is 7.65. The maximum absolute atomic E-state index is 5.24. The highest BCUT2D eigenvalue weighted by Gasteiger charge is 2.17. The van der Waals surface area contributed by atoms with Gasteiger partial charge >= 0.3 is 0 Å². The molecule has 0 saturated heterocycles. The average molecular weight is 140 g/mol. The van der Waals surface area contributed by atoms with E-state index in [0.29, 0.717) is 6.04 Å². The second kappa shape index (κ2) is 3.62. The predicted molar refractivity (Wildman–Crippen MR) is 43.6 cm³/mol. The normalized spacial score (nSPS) is 22.9. The van der Waals surface area contributed by atoms with Crippen molar-refractivity contribution in [1.29, 1.82) is 0 Å². The third-order valence-corrected chi connectivity index (χ3v) is 2.00. The van der Waals surface area contributed by atoms with E-state index in [2.05, 4.69) is 12.2 Å². The maximum atomic E-state index is 5.24. The fourth-order valence-corrected chi connectivity index (χ4v) is 1.17. The van der Waals surface area contributed by atoms with E-state index in [1.165, 1.54) is 19.3 Å². The summed E-state index contributed by atoms with van der Waals surface area (Å²) < 4.78 is 0. The molecule has 58 valence electrons. The van der Waals surface area contributed by atoms with Gasteiger partial charge in [-0.1, -0.05) is 12.5 Å². The Morgan fingerprint density at radius 2 is 2.30 bits per heavy atom. The maximum Gasteiger partial charge on any atom is 0.0241 e. The number of hydrogen-bond acceptors (Lipinski definition) is 2. The Balaban J connectivity index is 2.10. The lowest BCUT2D eigenvalue weighted by atomic mass is 9.92. The fraction of sp³-hybridized carbons (Fsp3) is 0.750. The van der Waals surface area contributed by atoms with Gasteiger partial charge in [-0.05, 0) is 26.0 Å². The van der Waals surface area contributed by atoms with Crippen molar-refractivity contribution in [3.8, 4) is 0 Å².